The first kappa shape index (κ1) is 18.7. The summed E-state index contributed by atoms with van der Waals surface area (Å²) in [6, 6.07) is 16.0. The number of carbonyl (C=O) groups is 1. The van der Waals surface area contributed by atoms with E-state index >= 15 is 0 Å². The number of nitrogens with zero attached hydrogens (tertiary/aromatic N) is 1. The summed E-state index contributed by atoms with van der Waals surface area (Å²) >= 11 is 0. The Morgan fingerprint density at radius 1 is 1.07 bits per heavy atom. The minimum absolute atomic E-state index is 0.171. The lowest BCUT2D eigenvalue weighted by Crippen LogP contribution is -2.46. The molecule has 0 atom stereocenters. The van der Waals surface area contributed by atoms with E-state index in [0.29, 0.717) is 22.6 Å². The number of amides is 1. The third-order valence-corrected chi connectivity index (χ3v) is 7.32. The van der Waals surface area contributed by atoms with Gasteiger partial charge in [0.25, 0.3) is 10.0 Å². The van der Waals surface area contributed by atoms with Gasteiger partial charge in [-0.15, -0.1) is 0 Å². The van der Waals surface area contributed by atoms with E-state index in [1.165, 1.54) is 4.31 Å². The van der Waals surface area contributed by atoms with Gasteiger partial charge in [-0.3, -0.25) is 9.10 Å². The van der Waals surface area contributed by atoms with Crippen molar-refractivity contribution in [3.05, 3.63) is 60.2 Å². The smallest absolute Gasteiger partial charge is 0.265 e. The van der Waals surface area contributed by atoms with Crippen LogP contribution in [0, 0.1) is 0 Å². The molecule has 0 unspecified atom stereocenters. The second-order valence-electron chi connectivity index (χ2n) is 7.88. The largest absolute Gasteiger partial charge is 0.454 e. The summed E-state index contributed by atoms with van der Waals surface area (Å²) in [4.78, 5) is 13.1. The van der Waals surface area contributed by atoms with E-state index in [2.05, 4.69) is 5.32 Å². The van der Waals surface area contributed by atoms with Crippen LogP contribution in [-0.4, -0.2) is 27.7 Å². The quantitative estimate of drug-likeness (QED) is 0.696. The zero-order chi connectivity index (χ0) is 21.1. The van der Waals surface area contributed by atoms with Crippen molar-refractivity contribution in [1.82, 2.24) is 5.32 Å². The Kier molecular flexibility index (Phi) is 3.98. The zero-order valence-corrected chi connectivity index (χ0v) is 17.3. The first-order valence-corrected chi connectivity index (χ1v) is 11.0. The molecule has 8 heteroatoms. The Morgan fingerprint density at radius 3 is 2.60 bits per heavy atom. The van der Waals surface area contributed by atoms with E-state index in [0.717, 1.165) is 10.9 Å². The number of benzene rings is 3. The fourth-order valence-electron chi connectivity index (χ4n) is 4.00. The van der Waals surface area contributed by atoms with Crippen LogP contribution in [0.4, 0.5) is 5.69 Å². The molecule has 0 saturated heterocycles. The maximum absolute atomic E-state index is 13.1. The molecular formula is C22H20N2O5S. The molecule has 30 heavy (non-hydrogen) atoms. The summed E-state index contributed by atoms with van der Waals surface area (Å²) in [6.45, 7) is 3.58. The maximum atomic E-state index is 13.1. The van der Waals surface area contributed by atoms with Crippen molar-refractivity contribution < 1.29 is 22.7 Å². The number of anilines is 1. The number of nitrogens with one attached hydrogen (secondary N) is 1. The lowest BCUT2D eigenvalue weighted by atomic mass is 9.94. The van der Waals surface area contributed by atoms with Gasteiger partial charge in [0, 0.05) is 5.39 Å². The van der Waals surface area contributed by atoms with Gasteiger partial charge in [-0.05, 0) is 49.1 Å². The van der Waals surface area contributed by atoms with Gasteiger partial charge in [0.1, 0.15) is 6.54 Å². The number of fused-ring (bicyclic) bond motifs is 1. The highest BCUT2D eigenvalue weighted by Crippen LogP contribution is 2.42. The van der Waals surface area contributed by atoms with Gasteiger partial charge in [0.15, 0.2) is 11.5 Å². The lowest BCUT2D eigenvalue weighted by Gasteiger charge is -2.28. The molecule has 2 aliphatic rings. The van der Waals surface area contributed by atoms with Crippen molar-refractivity contribution in [2.45, 2.75) is 24.3 Å². The van der Waals surface area contributed by atoms with Gasteiger partial charge in [-0.25, -0.2) is 8.42 Å². The maximum Gasteiger partial charge on any atom is 0.265 e. The Labute approximate surface area is 174 Å². The van der Waals surface area contributed by atoms with Crippen LogP contribution in [-0.2, 0) is 20.4 Å². The molecule has 1 N–H and O–H groups in total. The minimum atomic E-state index is -3.79. The van der Waals surface area contributed by atoms with Gasteiger partial charge >= 0.3 is 0 Å². The number of ether oxygens (including phenoxy) is 2. The molecule has 3 aromatic rings. The summed E-state index contributed by atoms with van der Waals surface area (Å²) in [6.07, 6.45) is 0. The normalized spacial score (nSPS) is 16.1. The van der Waals surface area contributed by atoms with E-state index < -0.39 is 21.5 Å². The molecule has 7 nitrogen and oxygen atoms in total. The molecule has 154 valence electrons. The SMILES string of the molecule is CC(C)(NC(=O)CN1c2cccc3cccc(c23)S1(=O)=O)c1ccc2c(c1)OCO2. The summed E-state index contributed by atoms with van der Waals surface area (Å²) in [5, 5.41) is 4.43. The van der Waals surface area contributed by atoms with Crippen LogP contribution in [0.15, 0.2) is 59.5 Å². The fourth-order valence-corrected chi connectivity index (χ4v) is 5.67. The molecule has 5 rings (SSSR count). The topological polar surface area (TPSA) is 84.9 Å². The summed E-state index contributed by atoms with van der Waals surface area (Å²) < 4.78 is 38.1. The van der Waals surface area contributed by atoms with E-state index in [-0.39, 0.29) is 18.2 Å². The standard InChI is InChI=1S/C22H20N2O5S/c1-22(2,15-9-10-17-18(11-15)29-13-28-17)23-20(25)12-24-16-7-3-5-14-6-4-8-19(21(14)16)30(24,26)27/h3-11H,12-13H2,1-2H3,(H,23,25). The van der Waals surface area contributed by atoms with Gasteiger partial charge in [-0.2, -0.15) is 0 Å². The number of carbonyl (C=O) groups excluding carboxylic acids is 1. The lowest BCUT2D eigenvalue weighted by molar-refractivity contribution is -0.121. The zero-order valence-electron chi connectivity index (χ0n) is 16.5. The molecule has 3 aromatic carbocycles. The van der Waals surface area contributed by atoms with Gasteiger partial charge in [0.2, 0.25) is 12.7 Å². The second-order valence-corrected chi connectivity index (χ2v) is 9.72. The highest BCUT2D eigenvalue weighted by Gasteiger charge is 2.37. The first-order chi connectivity index (χ1) is 14.3. The summed E-state index contributed by atoms with van der Waals surface area (Å²) in [5.74, 6) is 0.889. The second kappa shape index (κ2) is 6.37. The average molecular weight is 424 g/mol. The van der Waals surface area contributed by atoms with Crippen molar-refractivity contribution in [2.75, 3.05) is 17.6 Å². The molecule has 1 amide bonds. The molecule has 0 radical (unpaired) electrons. The van der Waals surface area contributed by atoms with Crippen molar-refractivity contribution in [3.63, 3.8) is 0 Å². The van der Waals surface area contributed by atoms with Crippen LogP contribution >= 0.6 is 0 Å². The Hall–Kier alpha value is -3.26. The number of rotatable bonds is 4. The highest BCUT2D eigenvalue weighted by molar-refractivity contribution is 7.93. The van der Waals surface area contributed by atoms with Crippen molar-refractivity contribution in [3.8, 4) is 11.5 Å². The van der Waals surface area contributed by atoms with Gasteiger partial charge in [0.05, 0.1) is 16.1 Å². The van der Waals surface area contributed by atoms with Crippen LogP contribution in [0.25, 0.3) is 10.8 Å². The van der Waals surface area contributed by atoms with Gasteiger partial charge in [-0.1, -0.05) is 30.3 Å². The van der Waals surface area contributed by atoms with Crippen LogP contribution in [0.2, 0.25) is 0 Å². The Morgan fingerprint density at radius 2 is 1.80 bits per heavy atom. The molecule has 0 saturated carbocycles. The van der Waals surface area contributed by atoms with Crippen molar-refractivity contribution >= 4 is 32.4 Å². The third-order valence-electron chi connectivity index (χ3n) is 5.51. The summed E-state index contributed by atoms with van der Waals surface area (Å²) in [7, 11) is -3.79. The van der Waals surface area contributed by atoms with E-state index in [9.17, 15) is 13.2 Å². The minimum Gasteiger partial charge on any atom is -0.454 e. The highest BCUT2D eigenvalue weighted by atomic mass is 32.2. The molecular weight excluding hydrogens is 404 g/mol. The van der Waals surface area contributed by atoms with Crippen LogP contribution in [0.1, 0.15) is 19.4 Å². The summed E-state index contributed by atoms with van der Waals surface area (Å²) in [5.41, 5.74) is 0.620. The predicted molar refractivity (Wildman–Crippen MR) is 112 cm³/mol. The molecule has 0 fully saturated rings. The number of hydrogen-bond acceptors (Lipinski definition) is 5. The monoisotopic (exact) mass is 424 g/mol. The van der Waals surface area contributed by atoms with E-state index in [1.54, 1.807) is 30.3 Å². The van der Waals surface area contributed by atoms with Crippen LogP contribution in [0.3, 0.4) is 0 Å². The van der Waals surface area contributed by atoms with Crippen molar-refractivity contribution in [1.29, 1.82) is 0 Å². The molecule has 0 aliphatic carbocycles. The third kappa shape index (κ3) is 2.79. The predicted octanol–water partition coefficient (Wildman–Crippen LogP) is 3.13. The average Bonchev–Trinajstić information content (AvgIpc) is 3.25. The molecule has 0 bridgehead atoms. The van der Waals surface area contributed by atoms with E-state index in [4.69, 9.17) is 9.47 Å². The number of sulfonamides is 1. The molecule has 0 aromatic heterocycles. The Balaban J connectivity index is 1.41. The number of hydrogen-bond donors (Lipinski definition) is 1. The van der Waals surface area contributed by atoms with Crippen LogP contribution < -0.4 is 19.1 Å². The molecule has 0 spiro atoms. The fraction of sp³-hybridized carbons (Fsp3) is 0.227. The van der Waals surface area contributed by atoms with Crippen LogP contribution in [0.5, 0.6) is 11.5 Å². The van der Waals surface area contributed by atoms with E-state index in [1.807, 2.05) is 38.1 Å². The van der Waals surface area contributed by atoms with Gasteiger partial charge < -0.3 is 14.8 Å². The molecule has 2 aliphatic heterocycles. The first-order valence-electron chi connectivity index (χ1n) is 9.53. The molecule has 2 heterocycles. The Bertz CT molecular complexity index is 1290. The van der Waals surface area contributed by atoms with Crippen molar-refractivity contribution in [2.24, 2.45) is 0 Å².